The highest BCUT2D eigenvalue weighted by atomic mass is 16.7. The van der Waals surface area contributed by atoms with Crippen molar-refractivity contribution < 1.29 is 9.47 Å². The van der Waals surface area contributed by atoms with Crippen molar-refractivity contribution in [3.05, 3.63) is 54.2 Å². The molecule has 2 N–H and O–H groups in total. The summed E-state index contributed by atoms with van der Waals surface area (Å²) in [5, 5.41) is 5.53. The van der Waals surface area contributed by atoms with Gasteiger partial charge in [0.1, 0.15) is 0 Å². The van der Waals surface area contributed by atoms with E-state index in [0.29, 0.717) is 6.54 Å². The van der Waals surface area contributed by atoms with Crippen LogP contribution >= 0.6 is 0 Å². The van der Waals surface area contributed by atoms with Gasteiger partial charge in [0.25, 0.3) is 0 Å². The van der Waals surface area contributed by atoms with Crippen LogP contribution in [0, 0.1) is 0 Å². The van der Waals surface area contributed by atoms with E-state index >= 15 is 0 Å². The minimum absolute atomic E-state index is 0.150. The van der Waals surface area contributed by atoms with E-state index < -0.39 is 0 Å². The van der Waals surface area contributed by atoms with Crippen LogP contribution in [-0.4, -0.2) is 16.6 Å². The van der Waals surface area contributed by atoms with E-state index in [1.807, 2.05) is 47.3 Å². The second-order valence-electron chi connectivity index (χ2n) is 5.10. The number of benzene rings is 2. The molecule has 1 aliphatic heterocycles. The van der Waals surface area contributed by atoms with Crippen LogP contribution in [0.1, 0.15) is 11.6 Å². The fourth-order valence-electron chi connectivity index (χ4n) is 2.61. The summed E-state index contributed by atoms with van der Waals surface area (Å²) in [6.07, 6.45) is 1.86. The van der Waals surface area contributed by atoms with Crippen LogP contribution in [-0.2, 0) is 6.54 Å². The molecule has 0 fully saturated rings. The maximum absolute atomic E-state index is 6.31. The molecule has 4 rings (SSSR count). The quantitative estimate of drug-likeness (QED) is 0.801. The van der Waals surface area contributed by atoms with Crippen LogP contribution in [0.2, 0.25) is 0 Å². The van der Waals surface area contributed by atoms with Crippen molar-refractivity contribution in [3.8, 4) is 11.5 Å². The number of nitrogens with two attached hydrogens (primary N) is 1. The van der Waals surface area contributed by atoms with Gasteiger partial charge < -0.3 is 15.2 Å². The fraction of sp³-hybridized carbons (Fsp3) is 0.188. The predicted octanol–water partition coefficient (Wildman–Crippen LogP) is 2.46. The van der Waals surface area contributed by atoms with Gasteiger partial charge in [-0.25, -0.2) is 0 Å². The van der Waals surface area contributed by atoms with Crippen molar-refractivity contribution in [1.29, 1.82) is 0 Å². The maximum Gasteiger partial charge on any atom is 0.231 e. The van der Waals surface area contributed by atoms with E-state index in [4.69, 9.17) is 15.2 Å². The zero-order chi connectivity index (χ0) is 14.2. The molecule has 2 aromatic carbocycles. The molecule has 1 aliphatic rings. The van der Waals surface area contributed by atoms with Crippen LogP contribution in [0.4, 0.5) is 0 Å². The fourth-order valence-corrected chi connectivity index (χ4v) is 2.61. The molecule has 106 valence electrons. The van der Waals surface area contributed by atoms with E-state index in [2.05, 4.69) is 11.2 Å². The molecule has 0 aliphatic carbocycles. The molecule has 0 saturated carbocycles. The average molecular weight is 281 g/mol. The van der Waals surface area contributed by atoms with Gasteiger partial charge in [0.15, 0.2) is 11.5 Å². The summed E-state index contributed by atoms with van der Waals surface area (Å²) in [7, 11) is 0. The average Bonchev–Trinajstić information content (AvgIpc) is 3.13. The minimum Gasteiger partial charge on any atom is -0.454 e. The predicted molar refractivity (Wildman–Crippen MR) is 79.2 cm³/mol. The third-order valence-corrected chi connectivity index (χ3v) is 3.75. The van der Waals surface area contributed by atoms with Gasteiger partial charge in [0.05, 0.1) is 18.3 Å². The lowest BCUT2D eigenvalue weighted by molar-refractivity contribution is 0.174. The Morgan fingerprint density at radius 1 is 1.14 bits per heavy atom. The Balaban J connectivity index is 1.62. The highest BCUT2D eigenvalue weighted by Gasteiger charge is 2.16. The molecule has 5 nitrogen and oxygen atoms in total. The van der Waals surface area contributed by atoms with E-state index in [0.717, 1.165) is 28.0 Å². The van der Waals surface area contributed by atoms with Gasteiger partial charge in [-0.3, -0.25) is 4.68 Å². The van der Waals surface area contributed by atoms with Crippen LogP contribution < -0.4 is 15.2 Å². The molecule has 0 saturated heterocycles. The summed E-state index contributed by atoms with van der Waals surface area (Å²) in [6, 6.07) is 13.8. The topological polar surface area (TPSA) is 62.3 Å². The number of aromatic nitrogens is 2. The van der Waals surface area contributed by atoms with Crippen molar-refractivity contribution in [1.82, 2.24) is 9.78 Å². The Bertz CT molecular complexity index is 797. The number of nitrogens with zero attached hydrogens (tertiary/aromatic N) is 2. The SMILES string of the molecule is NC(Cn1ncc2ccccc21)c1ccc2c(c1)OCO2. The van der Waals surface area contributed by atoms with Crippen molar-refractivity contribution in [2.45, 2.75) is 12.6 Å². The lowest BCUT2D eigenvalue weighted by Crippen LogP contribution is -2.18. The second kappa shape index (κ2) is 4.79. The molecule has 5 heteroatoms. The lowest BCUT2D eigenvalue weighted by atomic mass is 10.1. The molecule has 1 atom stereocenters. The van der Waals surface area contributed by atoms with E-state index in [1.165, 1.54) is 0 Å². The van der Waals surface area contributed by atoms with Gasteiger partial charge in [0.2, 0.25) is 6.79 Å². The summed E-state index contributed by atoms with van der Waals surface area (Å²) in [5.41, 5.74) is 8.42. The van der Waals surface area contributed by atoms with Gasteiger partial charge >= 0.3 is 0 Å². The minimum atomic E-state index is -0.150. The molecule has 0 radical (unpaired) electrons. The Hall–Kier alpha value is -2.53. The molecule has 1 aromatic heterocycles. The lowest BCUT2D eigenvalue weighted by Gasteiger charge is -2.13. The third-order valence-electron chi connectivity index (χ3n) is 3.75. The van der Waals surface area contributed by atoms with Gasteiger partial charge in [-0.1, -0.05) is 24.3 Å². The van der Waals surface area contributed by atoms with E-state index in [9.17, 15) is 0 Å². The van der Waals surface area contributed by atoms with E-state index in [-0.39, 0.29) is 12.8 Å². The first-order chi connectivity index (χ1) is 10.3. The van der Waals surface area contributed by atoms with Gasteiger partial charge in [-0.05, 0) is 23.8 Å². The van der Waals surface area contributed by atoms with Crippen molar-refractivity contribution in [3.63, 3.8) is 0 Å². The van der Waals surface area contributed by atoms with Crippen molar-refractivity contribution in [2.24, 2.45) is 5.73 Å². The molecule has 0 bridgehead atoms. The van der Waals surface area contributed by atoms with Crippen LogP contribution in [0.25, 0.3) is 10.9 Å². The molecular formula is C16H15N3O2. The van der Waals surface area contributed by atoms with Gasteiger partial charge in [0, 0.05) is 11.4 Å². The summed E-state index contributed by atoms with van der Waals surface area (Å²) in [6.45, 7) is 0.894. The largest absolute Gasteiger partial charge is 0.454 e. The van der Waals surface area contributed by atoms with Crippen LogP contribution in [0.15, 0.2) is 48.7 Å². The first kappa shape index (κ1) is 12.2. The number of hydrogen-bond acceptors (Lipinski definition) is 4. The number of rotatable bonds is 3. The summed E-state index contributed by atoms with van der Waals surface area (Å²) >= 11 is 0. The molecule has 0 spiro atoms. The summed E-state index contributed by atoms with van der Waals surface area (Å²) in [4.78, 5) is 0. The zero-order valence-corrected chi connectivity index (χ0v) is 11.4. The third kappa shape index (κ3) is 2.11. The number of para-hydroxylation sites is 1. The van der Waals surface area contributed by atoms with Gasteiger partial charge in [-0.15, -0.1) is 0 Å². The standard InChI is InChI=1S/C16H15N3O2/c17-13(11-5-6-15-16(7-11)21-10-20-15)9-19-14-4-2-1-3-12(14)8-18-19/h1-8,13H,9-10,17H2. The number of hydrogen-bond donors (Lipinski definition) is 1. The molecular weight excluding hydrogens is 266 g/mol. The van der Waals surface area contributed by atoms with E-state index in [1.54, 1.807) is 0 Å². The smallest absolute Gasteiger partial charge is 0.231 e. The van der Waals surface area contributed by atoms with Crippen molar-refractivity contribution >= 4 is 10.9 Å². The Morgan fingerprint density at radius 3 is 2.95 bits per heavy atom. The second-order valence-corrected chi connectivity index (χ2v) is 5.10. The van der Waals surface area contributed by atoms with Crippen molar-refractivity contribution in [2.75, 3.05) is 6.79 Å². The molecule has 21 heavy (non-hydrogen) atoms. The maximum atomic E-state index is 6.31. The summed E-state index contributed by atoms with van der Waals surface area (Å²) < 4.78 is 12.6. The first-order valence-corrected chi connectivity index (χ1v) is 6.87. The highest BCUT2D eigenvalue weighted by molar-refractivity contribution is 5.78. The van der Waals surface area contributed by atoms with Crippen LogP contribution in [0.5, 0.6) is 11.5 Å². The Labute approximate surface area is 121 Å². The molecule has 0 amide bonds. The molecule has 3 aromatic rings. The molecule has 2 heterocycles. The molecule has 1 unspecified atom stereocenters. The van der Waals surface area contributed by atoms with Crippen LogP contribution in [0.3, 0.4) is 0 Å². The van der Waals surface area contributed by atoms with Gasteiger partial charge in [-0.2, -0.15) is 5.10 Å². The first-order valence-electron chi connectivity index (χ1n) is 6.87. The highest BCUT2D eigenvalue weighted by Crippen LogP contribution is 2.34. The number of ether oxygens (including phenoxy) is 2. The Morgan fingerprint density at radius 2 is 2.00 bits per heavy atom. The summed E-state index contributed by atoms with van der Waals surface area (Å²) in [5.74, 6) is 1.53. The zero-order valence-electron chi connectivity index (χ0n) is 11.4. The normalized spacial score (nSPS) is 14.5. The number of fused-ring (bicyclic) bond motifs is 2. The monoisotopic (exact) mass is 281 g/mol. The Kier molecular flexibility index (Phi) is 2.79.